The van der Waals surface area contributed by atoms with Gasteiger partial charge in [0.2, 0.25) is 5.91 Å². The smallest absolute Gasteiger partial charge is 0.269 e. The Morgan fingerprint density at radius 3 is 2.26 bits per heavy atom. The molecule has 2 rings (SSSR count). The summed E-state index contributed by atoms with van der Waals surface area (Å²) in [6.07, 6.45) is 0.790. The second-order valence-corrected chi connectivity index (χ2v) is 5.14. The summed E-state index contributed by atoms with van der Waals surface area (Å²) in [5.74, 6) is -0.258. The van der Waals surface area contributed by atoms with Crippen molar-refractivity contribution >= 4 is 17.3 Å². The topological polar surface area (TPSA) is 84.6 Å². The molecule has 6 nitrogen and oxygen atoms in total. The molecule has 0 aliphatic heterocycles. The first-order valence-corrected chi connectivity index (χ1v) is 7.14. The third-order valence-corrected chi connectivity index (χ3v) is 3.19. The van der Waals surface area contributed by atoms with Gasteiger partial charge in [-0.3, -0.25) is 14.9 Å². The van der Waals surface area contributed by atoms with E-state index in [4.69, 9.17) is 0 Å². The van der Waals surface area contributed by atoms with Crippen LogP contribution in [-0.4, -0.2) is 16.5 Å². The number of hydrogen-bond acceptors (Lipinski definition) is 4. The fraction of sp³-hybridized carbons (Fsp3) is 0.176. The number of carbonyl (C=O) groups excluding carboxylic acids is 1. The maximum absolute atomic E-state index is 11.8. The lowest BCUT2D eigenvalue weighted by Crippen LogP contribution is -2.21. The molecule has 2 aromatic rings. The van der Waals surface area contributed by atoms with Gasteiger partial charge in [0.25, 0.3) is 5.69 Å². The fourth-order valence-electron chi connectivity index (χ4n) is 2.05. The summed E-state index contributed by atoms with van der Waals surface area (Å²) in [7, 11) is 0. The van der Waals surface area contributed by atoms with E-state index in [1.165, 1.54) is 12.1 Å². The van der Waals surface area contributed by atoms with Gasteiger partial charge >= 0.3 is 0 Å². The van der Waals surface area contributed by atoms with Crippen LogP contribution < -0.4 is 5.43 Å². The lowest BCUT2D eigenvalue weighted by molar-refractivity contribution is -0.384. The van der Waals surface area contributed by atoms with Crippen molar-refractivity contribution < 1.29 is 9.72 Å². The number of hydrogen-bond donors (Lipinski definition) is 1. The van der Waals surface area contributed by atoms with Crippen LogP contribution in [0.25, 0.3) is 0 Å². The molecule has 0 saturated carbocycles. The largest absolute Gasteiger partial charge is 0.273 e. The monoisotopic (exact) mass is 311 g/mol. The van der Waals surface area contributed by atoms with E-state index in [0.717, 1.165) is 11.3 Å². The van der Waals surface area contributed by atoms with E-state index in [1.807, 2.05) is 37.3 Å². The molecule has 1 amide bonds. The number of nitro benzene ring substituents is 1. The highest BCUT2D eigenvalue weighted by molar-refractivity contribution is 5.86. The second-order valence-electron chi connectivity index (χ2n) is 5.14. The standard InChI is InChI=1S/C17H17N3O3/c1-13(11-14-5-3-2-4-6-14)18-19-17(21)12-15-7-9-16(10-8-15)20(22)23/h2-10H,11-12H2,1H3,(H,19,21)/b18-13+. The van der Waals surface area contributed by atoms with Gasteiger partial charge in [-0.25, -0.2) is 5.43 Å². The number of nitrogens with zero attached hydrogens (tertiary/aromatic N) is 2. The van der Waals surface area contributed by atoms with E-state index in [0.29, 0.717) is 12.0 Å². The van der Waals surface area contributed by atoms with E-state index < -0.39 is 4.92 Å². The number of rotatable bonds is 6. The van der Waals surface area contributed by atoms with Gasteiger partial charge in [0, 0.05) is 24.3 Å². The zero-order valence-corrected chi connectivity index (χ0v) is 12.7. The number of hydrazone groups is 1. The second kappa shape index (κ2) is 7.84. The summed E-state index contributed by atoms with van der Waals surface area (Å²) in [5, 5.41) is 14.6. The van der Waals surface area contributed by atoms with Crippen LogP contribution in [0.1, 0.15) is 18.1 Å². The molecule has 118 valence electrons. The summed E-state index contributed by atoms with van der Waals surface area (Å²) in [5.41, 5.74) is 5.13. The minimum atomic E-state index is -0.471. The van der Waals surface area contributed by atoms with Crippen LogP contribution in [0.4, 0.5) is 5.69 Å². The number of benzene rings is 2. The number of nitro groups is 1. The van der Waals surface area contributed by atoms with Crippen molar-refractivity contribution in [3.63, 3.8) is 0 Å². The Balaban J connectivity index is 1.86. The zero-order valence-electron chi connectivity index (χ0n) is 12.7. The van der Waals surface area contributed by atoms with E-state index in [-0.39, 0.29) is 18.0 Å². The van der Waals surface area contributed by atoms with Gasteiger partial charge in [0.05, 0.1) is 11.3 Å². The Morgan fingerprint density at radius 1 is 1.04 bits per heavy atom. The van der Waals surface area contributed by atoms with Crippen LogP contribution in [0.15, 0.2) is 59.7 Å². The lowest BCUT2D eigenvalue weighted by atomic mass is 10.1. The average molecular weight is 311 g/mol. The average Bonchev–Trinajstić information content (AvgIpc) is 2.54. The third-order valence-electron chi connectivity index (χ3n) is 3.19. The summed E-state index contributed by atoms with van der Waals surface area (Å²) in [6, 6.07) is 15.7. The predicted molar refractivity (Wildman–Crippen MR) is 88.2 cm³/mol. The number of carbonyl (C=O) groups is 1. The molecule has 0 radical (unpaired) electrons. The van der Waals surface area contributed by atoms with E-state index in [2.05, 4.69) is 10.5 Å². The van der Waals surface area contributed by atoms with Crippen molar-refractivity contribution in [1.82, 2.24) is 5.43 Å². The maximum atomic E-state index is 11.8. The first-order valence-electron chi connectivity index (χ1n) is 7.14. The maximum Gasteiger partial charge on any atom is 0.269 e. The Hall–Kier alpha value is -3.02. The molecule has 0 atom stereocenters. The zero-order chi connectivity index (χ0) is 16.7. The highest BCUT2D eigenvalue weighted by Crippen LogP contribution is 2.12. The summed E-state index contributed by atoms with van der Waals surface area (Å²) >= 11 is 0. The van der Waals surface area contributed by atoms with Crippen LogP contribution in [0.2, 0.25) is 0 Å². The van der Waals surface area contributed by atoms with Crippen molar-refractivity contribution in [1.29, 1.82) is 0 Å². The molecule has 0 spiro atoms. The third kappa shape index (κ3) is 5.35. The molecule has 1 N–H and O–H groups in total. The number of nitrogens with one attached hydrogen (secondary N) is 1. The normalized spacial score (nSPS) is 11.1. The fourth-order valence-corrected chi connectivity index (χ4v) is 2.05. The SMILES string of the molecule is C/C(Cc1ccccc1)=N\NC(=O)Cc1ccc([N+](=O)[O-])cc1. The molecule has 6 heteroatoms. The van der Waals surface area contributed by atoms with Gasteiger partial charge in [-0.2, -0.15) is 5.10 Å². The van der Waals surface area contributed by atoms with Crippen LogP contribution in [0.3, 0.4) is 0 Å². The van der Waals surface area contributed by atoms with Crippen LogP contribution in [0.5, 0.6) is 0 Å². The molecule has 2 aromatic carbocycles. The van der Waals surface area contributed by atoms with Gasteiger partial charge in [0.1, 0.15) is 0 Å². The highest BCUT2D eigenvalue weighted by Gasteiger charge is 2.07. The summed E-state index contributed by atoms with van der Waals surface area (Å²) < 4.78 is 0. The van der Waals surface area contributed by atoms with E-state index in [1.54, 1.807) is 12.1 Å². The first kappa shape index (κ1) is 16.4. The molecular formula is C17H17N3O3. The Labute approximate surface area is 134 Å². The molecule has 0 heterocycles. The molecule has 0 aromatic heterocycles. The van der Waals surface area contributed by atoms with Crippen LogP contribution in [0, 0.1) is 10.1 Å². The van der Waals surface area contributed by atoms with Crippen LogP contribution >= 0.6 is 0 Å². The molecule has 0 saturated heterocycles. The minimum Gasteiger partial charge on any atom is -0.273 e. The molecule has 0 fully saturated rings. The molecular weight excluding hydrogens is 294 g/mol. The number of non-ortho nitro benzene ring substituents is 1. The summed E-state index contributed by atoms with van der Waals surface area (Å²) in [4.78, 5) is 21.9. The van der Waals surface area contributed by atoms with Crippen molar-refractivity contribution in [2.24, 2.45) is 5.10 Å². The van der Waals surface area contributed by atoms with Crippen LogP contribution in [-0.2, 0) is 17.6 Å². The minimum absolute atomic E-state index is 0.00545. The first-order chi connectivity index (χ1) is 11.0. The van der Waals surface area contributed by atoms with Crippen molar-refractivity contribution in [2.75, 3.05) is 0 Å². The Bertz CT molecular complexity index is 710. The summed E-state index contributed by atoms with van der Waals surface area (Å²) in [6.45, 7) is 1.85. The van der Waals surface area contributed by atoms with Crippen molar-refractivity contribution in [2.45, 2.75) is 19.8 Å². The van der Waals surface area contributed by atoms with Gasteiger partial charge in [-0.15, -0.1) is 0 Å². The van der Waals surface area contributed by atoms with Crippen molar-refractivity contribution in [3.8, 4) is 0 Å². The van der Waals surface area contributed by atoms with Gasteiger partial charge in [-0.05, 0) is 18.1 Å². The molecule has 0 unspecified atom stereocenters. The number of amides is 1. The van der Waals surface area contributed by atoms with E-state index in [9.17, 15) is 14.9 Å². The van der Waals surface area contributed by atoms with E-state index >= 15 is 0 Å². The highest BCUT2D eigenvalue weighted by atomic mass is 16.6. The molecule has 23 heavy (non-hydrogen) atoms. The molecule has 0 aliphatic rings. The van der Waals surface area contributed by atoms with Gasteiger partial charge < -0.3 is 0 Å². The quantitative estimate of drug-likeness (QED) is 0.505. The van der Waals surface area contributed by atoms with Gasteiger partial charge in [-0.1, -0.05) is 42.5 Å². The predicted octanol–water partition coefficient (Wildman–Crippen LogP) is 2.87. The lowest BCUT2D eigenvalue weighted by Gasteiger charge is -2.03. The van der Waals surface area contributed by atoms with Gasteiger partial charge in [0.15, 0.2) is 0 Å². The Morgan fingerprint density at radius 2 is 1.65 bits per heavy atom. The van der Waals surface area contributed by atoms with Crippen molar-refractivity contribution in [3.05, 3.63) is 75.8 Å². The molecule has 0 aliphatic carbocycles. The Kier molecular flexibility index (Phi) is 5.57. The molecule has 0 bridgehead atoms.